The highest BCUT2D eigenvalue weighted by Crippen LogP contribution is 2.14. The SMILES string of the molecule is CCCS(=O)(=O)CCS(=O)c1ccc(F)c(C(=O)O)c1. The minimum atomic E-state index is -3.25. The number of halogens is 1. The van der Waals surface area contributed by atoms with Crippen molar-refractivity contribution in [2.45, 2.75) is 18.2 Å². The summed E-state index contributed by atoms with van der Waals surface area (Å²) < 4.78 is 48.1. The molecule has 0 amide bonds. The van der Waals surface area contributed by atoms with E-state index in [1.807, 2.05) is 0 Å². The Morgan fingerprint density at radius 2 is 2.00 bits per heavy atom. The van der Waals surface area contributed by atoms with Gasteiger partial charge in [0, 0.05) is 16.4 Å². The topological polar surface area (TPSA) is 88.5 Å². The first-order valence-corrected chi connectivity index (χ1v) is 9.02. The minimum Gasteiger partial charge on any atom is -0.478 e. The van der Waals surface area contributed by atoms with Gasteiger partial charge in [-0.1, -0.05) is 6.92 Å². The van der Waals surface area contributed by atoms with Crippen molar-refractivity contribution in [3.8, 4) is 0 Å². The lowest BCUT2D eigenvalue weighted by molar-refractivity contribution is 0.0691. The predicted octanol–water partition coefficient (Wildman–Crippen LogP) is 1.46. The average molecular weight is 322 g/mol. The van der Waals surface area contributed by atoms with Crippen molar-refractivity contribution in [1.82, 2.24) is 0 Å². The van der Waals surface area contributed by atoms with Crippen LogP contribution in [-0.2, 0) is 20.6 Å². The summed E-state index contributed by atoms with van der Waals surface area (Å²) in [6.45, 7) is 1.73. The van der Waals surface area contributed by atoms with E-state index in [-0.39, 0.29) is 22.2 Å². The van der Waals surface area contributed by atoms with Gasteiger partial charge in [0.2, 0.25) is 0 Å². The van der Waals surface area contributed by atoms with Crippen molar-refractivity contribution in [3.05, 3.63) is 29.6 Å². The van der Waals surface area contributed by atoms with Gasteiger partial charge in [-0.25, -0.2) is 17.6 Å². The molecular formula is C12H15FO5S2. The molecule has 1 rings (SSSR count). The quantitative estimate of drug-likeness (QED) is 0.821. The molecule has 0 spiro atoms. The normalized spacial score (nSPS) is 13.1. The van der Waals surface area contributed by atoms with E-state index in [0.717, 1.165) is 12.1 Å². The molecule has 20 heavy (non-hydrogen) atoms. The highest BCUT2D eigenvalue weighted by molar-refractivity contribution is 7.93. The highest BCUT2D eigenvalue weighted by atomic mass is 32.2. The average Bonchev–Trinajstić information content (AvgIpc) is 2.36. The summed E-state index contributed by atoms with van der Waals surface area (Å²) in [4.78, 5) is 10.9. The maximum absolute atomic E-state index is 13.2. The molecule has 0 aliphatic rings. The highest BCUT2D eigenvalue weighted by Gasteiger charge is 2.16. The molecule has 0 heterocycles. The van der Waals surface area contributed by atoms with Crippen LogP contribution in [-0.4, -0.2) is 41.0 Å². The van der Waals surface area contributed by atoms with Gasteiger partial charge in [0.15, 0.2) is 9.84 Å². The Kier molecular flexibility index (Phi) is 5.82. The first-order chi connectivity index (χ1) is 9.26. The van der Waals surface area contributed by atoms with Gasteiger partial charge >= 0.3 is 5.97 Å². The molecule has 0 saturated carbocycles. The van der Waals surface area contributed by atoms with Gasteiger partial charge in [0.05, 0.1) is 22.1 Å². The predicted molar refractivity (Wildman–Crippen MR) is 73.6 cm³/mol. The van der Waals surface area contributed by atoms with Crippen molar-refractivity contribution in [2.24, 2.45) is 0 Å². The van der Waals surface area contributed by atoms with Gasteiger partial charge in [-0.3, -0.25) is 4.21 Å². The number of aromatic carboxylic acids is 1. The Balaban J connectivity index is 2.84. The summed E-state index contributed by atoms with van der Waals surface area (Å²) >= 11 is 0. The van der Waals surface area contributed by atoms with Crippen molar-refractivity contribution >= 4 is 26.6 Å². The lowest BCUT2D eigenvalue weighted by Crippen LogP contribution is -2.16. The smallest absolute Gasteiger partial charge is 0.338 e. The zero-order valence-corrected chi connectivity index (χ0v) is 12.5. The number of sulfone groups is 1. The number of carboxylic acids is 1. The van der Waals surface area contributed by atoms with Crippen LogP contribution >= 0.6 is 0 Å². The van der Waals surface area contributed by atoms with Crippen LogP contribution in [0.5, 0.6) is 0 Å². The van der Waals surface area contributed by atoms with Crippen LogP contribution in [0.2, 0.25) is 0 Å². The molecule has 0 fully saturated rings. The fraction of sp³-hybridized carbons (Fsp3) is 0.417. The first-order valence-electron chi connectivity index (χ1n) is 5.88. The van der Waals surface area contributed by atoms with E-state index in [1.54, 1.807) is 6.92 Å². The Morgan fingerprint density at radius 1 is 1.35 bits per heavy atom. The van der Waals surface area contributed by atoms with E-state index in [2.05, 4.69) is 0 Å². The molecule has 0 bridgehead atoms. The molecule has 8 heteroatoms. The van der Waals surface area contributed by atoms with Gasteiger partial charge in [0.25, 0.3) is 0 Å². The standard InChI is InChI=1S/C12H15FO5S2/c1-2-6-20(17,18)7-5-19(16)9-3-4-11(13)10(8-9)12(14)15/h3-4,8H,2,5-7H2,1H3,(H,14,15). The van der Waals surface area contributed by atoms with Crippen molar-refractivity contribution < 1.29 is 26.9 Å². The van der Waals surface area contributed by atoms with Crippen LogP contribution in [0, 0.1) is 5.82 Å². The van der Waals surface area contributed by atoms with E-state index < -0.39 is 38.0 Å². The Bertz CT molecular complexity index is 625. The molecule has 1 N–H and O–H groups in total. The zero-order valence-electron chi connectivity index (χ0n) is 10.8. The van der Waals surface area contributed by atoms with Gasteiger partial charge in [-0.15, -0.1) is 0 Å². The van der Waals surface area contributed by atoms with Crippen LogP contribution in [0.15, 0.2) is 23.1 Å². The van der Waals surface area contributed by atoms with E-state index >= 15 is 0 Å². The fourth-order valence-corrected chi connectivity index (χ4v) is 4.70. The number of hydrogen-bond acceptors (Lipinski definition) is 4. The maximum atomic E-state index is 13.2. The third-order valence-corrected chi connectivity index (χ3v) is 6.00. The number of carboxylic acid groups (broad SMARTS) is 1. The van der Waals surface area contributed by atoms with E-state index in [0.29, 0.717) is 6.42 Å². The van der Waals surface area contributed by atoms with Crippen LogP contribution in [0.25, 0.3) is 0 Å². The molecule has 0 aliphatic carbocycles. The lowest BCUT2D eigenvalue weighted by atomic mass is 10.2. The second kappa shape index (κ2) is 6.94. The summed E-state index contributed by atoms with van der Waals surface area (Å²) in [7, 11) is -4.93. The Hall–Kier alpha value is -1.28. The third kappa shape index (κ3) is 4.68. The summed E-state index contributed by atoms with van der Waals surface area (Å²) in [5, 5.41) is 8.77. The van der Waals surface area contributed by atoms with Gasteiger partial charge in [-0.05, 0) is 24.6 Å². The number of benzene rings is 1. The molecule has 1 unspecified atom stereocenters. The monoisotopic (exact) mass is 322 g/mol. The van der Waals surface area contributed by atoms with Crippen LogP contribution < -0.4 is 0 Å². The number of carbonyl (C=O) groups is 1. The van der Waals surface area contributed by atoms with E-state index in [4.69, 9.17) is 5.11 Å². The molecule has 112 valence electrons. The first kappa shape index (κ1) is 16.8. The fourth-order valence-electron chi connectivity index (χ4n) is 1.54. The van der Waals surface area contributed by atoms with Gasteiger partial charge < -0.3 is 5.11 Å². The number of hydrogen-bond donors (Lipinski definition) is 1. The molecule has 0 radical (unpaired) electrons. The number of rotatable bonds is 7. The molecule has 1 atom stereocenters. The summed E-state index contributed by atoms with van der Waals surface area (Å²) in [5.41, 5.74) is -0.577. The van der Waals surface area contributed by atoms with Crippen molar-refractivity contribution in [2.75, 3.05) is 17.3 Å². The molecule has 0 aliphatic heterocycles. The molecule has 0 aromatic heterocycles. The van der Waals surface area contributed by atoms with E-state index in [1.165, 1.54) is 6.07 Å². The molecule has 5 nitrogen and oxygen atoms in total. The third-order valence-electron chi connectivity index (χ3n) is 2.53. The summed E-state index contributed by atoms with van der Waals surface area (Å²) in [6, 6.07) is 3.09. The molecular weight excluding hydrogens is 307 g/mol. The molecule has 0 saturated heterocycles. The molecule has 1 aromatic carbocycles. The summed E-state index contributed by atoms with van der Waals surface area (Å²) in [6.07, 6.45) is 0.481. The maximum Gasteiger partial charge on any atom is 0.338 e. The summed E-state index contributed by atoms with van der Waals surface area (Å²) in [5.74, 6) is -2.73. The van der Waals surface area contributed by atoms with Gasteiger partial charge in [0.1, 0.15) is 5.82 Å². The Labute approximate surface area is 119 Å². The van der Waals surface area contributed by atoms with Crippen LogP contribution in [0.3, 0.4) is 0 Å². The second-order valence-corrected chi connectivity index (χ2v) is 8.02. The van der Waals surface area contributed by atoms with E-state index in [9.17, 15) is 21.8 Å². The molecule has 1 aromatic rings. The second-order valence-electron chi connectivity index (χ2n) is 4.15. The van der Waals surface area contributed by atoms with Crippen LogP contribution in [0.1, 0.15) is 23.7 Å². The largest absolute Gasteiger partial charge is 0.478 e. The zero-order chi connectivity index (χ0) is 15.3. The van der Waals surface area contributed by atoms with Crippen LogP contribution in [0.4, 0.5) is 4.39 Å². The van der Waals surface area contributed by atoms with Gasteiger partial charge in [-0.2, -0.15) is 0 Å². The van der Waals surface area contributed by atoms with Crippen molar-refractivity contribution in [3.63, 3.8) is 0 Å². The Morgan fingerprint density at radius 3 is 2.55 bits per heavy atom. The van der Waals surface area contributed by atoms with Crippen molar-refractivity contribution in [1.29, 1.82) is 0 Å². The lowest BCUT2D eigenvalue weighted by Gasteiger charge is -2.05. The minimum absolute atomic E-state index is 0.0218.